The normalized spacial score (nSPS) is 11.1. The highest BCUT2D eigenvalue weighted by molar-refractivity contribution is 7.92. The Bertz CT molecular complexity index is 1090. The number of carbonyl (C=O) groups is 1. The van der Waals surface area contributed by atoms with Gasteiger partial charge in [0.25, 0.3) is 15.9 Å². The number of hydrogen-bond donors (Lipinski definition) is 1. The van der Waals surface area contributed by atoms with Crippen LogP contribution < -0.4 is 4.72 Å². The topological polar surface area (TPSA) is 79.4 Å². The molecule has 1 heterocycles. The number of carbonyl (C=O) groups excluding carboxylic acids is 1. The van der Waals surface area contributed by atoms with E-state index in [2.05, 4.69) is 9.71 Å². The predicted molar refractivity (Wildman–Crippen MR) is 109 cm³/mol. The Hall–Kier alpha value is -2.90. The molecule has 0 aliphatic heterocycles. The highest BCUT2D eigenvalue weighted by Gasteiger charge is 2.18. The van der Waals surface area contributed by atoms with Gasteiger partial charge in [0.1, 0.15) is 0 Å². The fraction of sp³-hybridized carbons (Fsp3) is 0.100. The van der Waals surface area contributed by atoms with Crippen LogP contribution in [0.2, 0.25) is 5.02 Å². The summed E-state index contributed by atoms with van der Waals surface area (Å²) in [7, 11) is -2.20. The quantitative estimate of drug-likeness (QED) is 0.664. The zero-order chi connectivity index (χ0) is 20.1. The van der Waals surface area contributed by atoms with E-state index in [4.69, 9.17) is 11.6 Å². The zero-order valence-corrected chi connectivity index (χ0v) is 16.6. The summed E-state index contributed by atoms with van der Waals surface area (Å²) < 4.78 is 27.8. The van der Waals surface area contributed by atoms with Crippen LogP contribution >= 0.6 is 11.6 Å². The smallest absolute Gasteiger partial charge is 0.261 e. The standard InChI is InChI=1S/C20H18ClN3O3S/c1-24(14-15-8-10-22-11-9-15)20(25)16-4-2-7-19(12-16)28(26,27)23-18-6-3-5-17(21)13-18/h2-13,23H,14H2,1H3. The van der Waals surface area contributed by atoms with Gasteiger partial charge < -0.3 is 4.90 Å². The monoisotopic (exact) mass is 415 g/mol. The molecule has 0 saturated heterocycles. The third kappa shape index (κ3) is 4.88. The molecule has 1 N–H and O–H groups in total. The summed E-state index contributed by atoms with van der Waals surface area (Å²) in [5, 5.41) is 0.418. The van der Waals surface area contributed by atoms with E-state index < -0.39 is 10.0 Å². The molecule has 3 aromatic rings. The van der Waals surface area contributed by atoms with Gasteiger partial charge in [0.15, 0.2) is 0 Å². The molecule has 0 radical (unpaired) electrons. The number of hydrogen-bond acceptors (Lipinski definition) is 4. The molecule has 0 bridgehead atoms. The second kappa shape index (κ2) is 8.41. The van der Waals surface area contributed by atoms with Gasteiger partial charge in [-0.3, -0.25) is 14.5 Å². The average molecular weight is 416 g/mol. The molecule has 8 heteroatoms. The van der Waals surface area contributed by atoms with Gasteiger partial charge in [-0.2, -0.15) is 0 Å². The molecule has 0 fully saturated rings. The Morgan fingerprint density at radius 2 is 1.79 bits per heavy atom. The molecule has 0 atom stereocenters. The molecule has 1 amide bonds. The molecule has 0 saturated carbocycles. The fourth-order valence-corrected chi connectivity index (χ4v) is 3.90. The van der Waals surface area contributed by atoms with Crippen molar-refractivity contribution in [3.63, 3.8) is 0 Å². The molecule has 3 rings (SSSR count). The Kier molecular flexibility index (Phi) is 5.96. The van der Waals surface area contributed by atoms with Crippen molar-refractivity contribution in [3.8, 4) is 0 Å². The van der Waals surface area contributed by atoms with Gasteiger partial charge in [-0.1, -0.05) is 23.7 Å². The van der Waals surface area contributed by atoms with Crippen molar-refractivity contribution in [2.45, 2.75) is 11.4 Å². The average Bonchev–Trinajstić information content (AvgIpc) is 2.68. The first-order valence-corrected chi connectivity index (χ1v) is 10.2. The molecule has 0 aliphatic carbocycles. The minimum absolute atomic E-state index is 0.00404. The SMILES string of the molecule is CN(Cc1ccncc1)C(=O)c1cccc(S(=O)(=O)Nc2cccc(Cl)c2)c1. The minimum Gasteiger partial charge on any atom is -0.337 e. The van der Waals surface area contributed by atoms with Gasteiger partial charge in [0.05, 0.1) is 10.6 Å². The number of rotatable bonds is 6. The van der Waals surface area contributed by atoms with E-state index in [1.54, 1.807) is 49.8 Å². The lowest BCUT2D eigenvalue weighted by Gasteiger charge is -2.18. The Morgan fingerprint density at radius 3 is 2.50 bits per heavy atom. The first-order chi connectivity index (χ1) is 13.3. The van der Waals surface area contributed by atoms with Crippen LogP contribution in [0.5, 0.6) is 0 Å². The van der Waals surface area contributed by atoms with Crippen molar-refractivity contribution < 1.29 is 13.2 Å². The Balaban J connectivity index is 1.80. The summed E-state index contributed by atoms with van der Waals surface area (Å²) in [6.45, 7) is 0.388. The summed E-state index contributed by atoms with van der Waals surface area (Å²) in [5.41, 5.74) is 1.56. The van der Waals surface area contributed by atoms with Crippen LogP contribution in [-0.2, 0) is 16.6 Å². The second-order valence-corrected chi connectivity index (χ2v) is 8.28. The third-order valence-corrected chi connectivity index (χ3v) is 5.60. The highest BCUT2D eigenvalue weighted by atomic mass is 35.5. The molecule has 0 spiro atoms. The Labute approximate surface area is 168 Å². The van der Waals surface area contributed by atoms with E-state index in [0.29, 0.717) is 17.3 Å². The van der Waals surface area contributed by atoms with E-state index in [0.717, 1.165) is 5.56 Å². The maximum Gasteiger partial charge on any atom is 0.261 e. The maximum atomic E-state index is 12.7. The summed E-state index contributed by atoms with van der Waals surface area (Å²) in [4.78, 5) is 18.2. The molecule has 0 unspecified atom stereocenters. The van der Waals surface area contributed by atoms with Crippen molar-refractivity contribution in [1.82, 2.24) is 9.88 Å². The number of amides is 1. The summed E-state index contributed by atoms with van der Waals surface area (Å²) >= 11 is 5.90. The lowest BCUT2D eigenvalue weighted by Crippen LogP contribution is -2.26. The highest BCUT2D eigenvalue weighted by Crippen LogP contribution is 2.20. The van der Waals surface area contributed by atoms with E-state index in [9.17, 15) is 13.2 Å². The first kappa shape index (κ1) is 19.9. The van der Waals surface area contributed by atoms with Crippen molar-refractivity contribution in [2.24, 2.45) is 0 Å². The van der Waals surface area contributed by atoms with Crippen LogP contribution in [0.15, 0.2) is 78.0 Å². The predicted octanol–water partition coefficient (Wildman–Crippen LogP) is 3.81. The number of sulfonamides is 1. The third-order valence-electron chi connectivity index (χ3n) is 3.98. The van der Waals surface area contributed by atoms with Gasteiger partial charge in [0, 0.05) is 36.6 Å². The number of nitrogens with one attached hydrogen (secondary N) is 1. The van der Waals surface area contributed by atoms with Crippen molar-refractivity contribution >= 4 is 33.2 Å². The first-order valence-electron chi connectivity index (χ1n) is 8.38. The number of anilines is 1. The molecule has 2 aromatic carbocycles. The molecule has 0 aliphatic rings. The minimum atomic E-state index is -3.86. The van der Waals surface area contributed by atoms with Gasteiger partial charge in [-0.15, -0.1) is 0 Å². The lowest BCUT2D eigenvalue weighted by molar-refractivity contribution is 0.0785. The van der Waals surface area contributed by atoms with Crippen LogP contribution in [0, 0.1) is 0 Å². The van der Waals surface area contributed by atoms with E-state index >= 15 is 0 Å². The van der Waals surface area contributed by atoms with Crippen LogP contribution in [0.4, 0.5) is 5.69 Å². The van der Waals surface area contributed by atoms with Gasteiger partial charge in [0.2, 0.25) is 0 Å². The maximum absolute atomic E-state index is 12.7. The zero-order valence-electron chi connectivity index (χ0n) is 15.0. The molecular weight excluding hydrogens is 398 g/mol. The van der Waals surface area contributed by atoms with Crippen molar-refractivity contribution in [3.05, 3.63) is 89.2 Å². The molecule has 28 heavy (non-hydrogen) atoms. The number of pyridine rings is 1. The van der Waals surface area contributed by atoms with Gasteiger partial charge in [-0.05, 0) is 54.1 Å². The van der Waals surface area contributed by atoms with E-state index in [1.807, 2.05) is 12.1 Å². The van der Waals surface area contributed by atoms with E-state index in [1.165, 1.54) is 23.1 Å². The second-order valence-electron chi connectivity index (χ2n) is 6.16. The van der Waals surface area contributed by atoms with Crippen molar-refractivity contribution in [1.29, 1.82) is 0 Å². The number of aromatic nitrogens is 1. The van der Waals surface area contributed by atoms with Crippen LogP contribution in [-0.4, -0.2) is 31.3 Å². The summed E-state index contributed by atoms with van der Waals surface area (Å²) in [6, 6.07) is 16.0. The summed E-state index contributed by atoms with van der Waals surface area (Å²) in [5.74, 6) is -0.281. The Morgan fingerprint density at radius 1 is 1.07 bits per heavy atom. The molecule has 1 aromatic heterocycles. The fourth-order valence-electron chi connectivity index (χ4n) is 2.62. The molecular formula is C20H18ClN3O3S. The molecule has 6 nitrogen and oxygen atoms in total. The van der Waals surface area contributed by atoms with E-state index in [-0.39, 0.29) is 16.4 Å². The largest absolute Gasteiger partial charge is 0.337 e. The van der Waals surface area contributed by atoms with Crippen LogP contribution in [0.1, 0.15) is 15.9 Å². The number of benzene rings is 2. The van der Waals surface area contributed by atoms with Gasteiger partial charge in [-0.25, -0.2) is 8.42 Å². The number of nitrogens with zero attached hydrogens (tertiary/aromatic N) is 2. The number of halogens is 1. The van der Waals surface area contributed by atoms with Crippen molar-refractivity contribution in [2.75, 3.05) is 11.8 Å². The lowest BCUT2D eigenvalue weighted by atomic mass is 10.2. The summed E-state index contributed by atoms with van der Waals surface area (Å²) in [6.07, 6.45) is 3.31. The van der Waals surface area contributed by atoms with Gasteiger partial charge >= 0.3 is 0 Å². The van der Waals surface area contributed by atoms with Crippen LogP contribution in [0.3, 0.4) is 0 Å². The molecule has 144 valence electrons. The van der Waals surface area contributed by atoms with Crippen LogP contribution in [0.25, 0.3) is 0 Å².